The number of carbonyl (C=O) groups excluding carboxylic acids is 1. The Hall–Kier alpha value is -2.96. The minimum absolute atomic E-state index is 0.142. The second kappa shape index (κ2) is 7.13. The molecule has 7 heteroatoms. The van der Waals surface area contributed by atoms with Gasteiger partial charge in [0.25, 0.3) is 0 Å². The quantitative estimate of drug-likeness (QED) is 0.626. The predicted octanol–water partition coefficient (Wildman–Crippen LogP) is 5.42. The summed E-state index contributed by atoms with van der Waals surface area (Å²) in [5, 5.41) is 2.98. The molecule has 0 saturated carbocycles. The van der Waals surface area contributed by atoms with Crippen LogP contribution in [0.2, 0.25) is 0 Å². The molecule has 1 N–H and O–H groups in total. The third-order valence-electron chi connectivity index (χ3n) is 4.93. The Morgan fingerprint density at radius 3 is 2.72 bits per heavy atom. The van der Waals surface area contributed by atoms with Gasteiger partial charge in [0.15, 0.2) is 5.58 Å². The van der Waals surface area contributed by atoms with Crippen LogP contribution in [-0.2, 0) is 0 Å². The Morgan fingerprint density at radius 1 is 1.21 bits per heavy atom. The van der Waals surface area contributed by atoms with Gasteiger partial charge in [-0.1, -0.05) is 6.07 Å². The van der Waals surface area contributed by atoms with E-state index in [1.54, 1.807) is 23.1 Å². The Labute approximate surface area is 167 Å². The lowest BCUT2D eigenvalue weighted by Gasteiger charge is -2.28. The summed E-state index contributed by atoms with van der Waals surface area (Å²) in [6, 6.07) is 8.26. The smallest absolute Gasteiger partial charge is 0.318 e. The molecule has 1 fully saturated rings. The van der Waals surface area contributed by atoms with Crippen LogP contribution in [-0.4, -0.2) is 28.0 Å². The van der Waals surface area contributed by atoms with Gasteiger partial charge < -0.3 is 14.6 Å². The molecule has 1 unspecified atom stereocenters. The molecule has 0 spiro atoms. The molecule has 0 aliphatic carbocycles. The van der Waals surface area contributed by atoms with Crippen molar-refractivity contribution >= 4 is 17.1 Å². The number of oxazole rings is 1. The monoisotopic (exact) mass is 399 g/mol. The van der Waals surface area contributed by atoms with Crippen molar-refractivity contribution in [3.05, 3.63) is 53.9 Å². The fourth-order valence-corrected chi connectivity index (χ4v) is 3.64. The molecule has 1 aliphatic heterocycles. The molecule has 3 aromatic rings. The number of hydrogen-bond donors (Lipinski definition) is 1. The molecule has 1 aromatic heterocycles. The topological polar surface area (TPSA) is 58.4 Å². The van der Waals surface area contributed by atoms with Gasteiger partial charge in [0.2, 0.25) is 5.89 Å². The number of carbonyl (C=O) groups is 1. The number of amides is 2. The van der Waals surface area contributed by atoms with Crippen LogP contribution < -0.4 is 5.32 Å². The molecule has 29 heavy (non-hydrogen) atoms. The zero-order valence-corrected chi connectivity index (χ0v) is 16.6. The van der Waals surface area contributed by atoms with Gasteiger partial charge in [0.05, 0.1) is 0 Å². The van der Waals surface area contributed by atoms with Crippen LogP contribution >= 0.6 is 0 Å². The molecular weight excluding hydrogens is 376 g/mol. The van der Waals surface area contributed by atoms with E-state index in [2.05, 4.69) is 10.3 Å². The lowest BCUT2D eigenvalue weighted by atomic mass is 10.0. The van der Waals surface area contributed by atoms with Crippen LogP contribution in [0.4, 0.5) is 13.6 Å². The molecule has 2 amide bonds. The Morgan fingerprint density at radius 2 is 2.00 bits per heavy atom. The largest absolute Gasteiger partial charge is 0.438 e. The van der Waals surface area contributed by atoms with E-state index >= 15 is 0 Å². The van der Waals surface area contributed by atoms with Gasteiger partial charge in [-0.3, -0.25) is 0 Å². The summed E-state index contributed by atoms with van der Waals surface area (Å²) in [6.07, 6.45) is 1.64. The Kier molecular flexibility index (Phi) is 4.76. The molecule has 0 bridgehead atoms. The summed E-state index contributed by atoms with van der Waals surface area (Å²) in [5.74, 6) is -0.780. The highest BCUT2D eigenvalue weighted by Crippen LogP contribution is 2.34. The number of urea groups is 1. The SMILES string of the molecule is CC(C)(C)NC(=O)N1CCCC1c1nc2cc(-c3ccc(F)cc3F)ccc2o1. The van der Waals surface area contributed by atoms with E-state index < -0.39 is 11.6 Å². The summed E-state index contributed by atoms with van der Waals surface area (Å²) in [4.78, 5) is 19.0. The van der Waals surface area contributed by atoms with Crippen LogP contribution in [0.5, 0.6) is 0 Å². The number of fused-ring (bicyclic) bond motifs is 1. The maximum atomic E-state index is 14.1. The number of rotatable bonds is 2. The number of nitrogens with zero attached hydrogens (tertiary/aromatic N) is 2. The van der Waals surface area contributed by atoms with E-state index in [0.717, 1.165) is 18.9 Å². The van der Waals surface area contributed by atoms with Gasteiger partial charge >= 0.3 is 6.03 Å². The Balaban J connectivity index is 1.64. The van der Waals surface area contributed by atoms with Crippen LogP contribution in [0.25, 0.3) is 22.2 Å². The van der Waals surface area contributed by atoms with E-state index in [1.807, 2.05) is 20.8 Å². The normalized spacial score (nSPS) is 17.1. The average molecular weight is 399 g/mol. The first-order chi connectivity index (χ1) is 13.7. The predicted molar refractivity (Wildman–Crippen MR) is 106 cm³/mol. The zero-order chi connectivity index (χ0) is 20.8. The Bertz CT molecular complexity index is 1070. The van der Waals surface area contributed by atoms with Crippen LogP contribution in [0.3, 0.4) is 0 Å². The minimum Gasteiger partial charge on any atom is -0.438 e. The van der Waals surface area contributed by atoms with Gasteiger partial charge in [-0.25, -0.2) is 18.6 Å². The van der Waals surface area contributed by atoms with Crippen molar-refractivity contribution in [3.8, 4) is 11.1 Å². The molecule has 1 saturated heterocycles. The number of nitrogens with one attached hydrogen (secondary N) is 1. The maximum Gasteiger partial charge on any atom is 0.318 e. The minimum atomic E-state index is -0.631. The fraction of sp³-hybridized carbons (Fsp3) is 0.364. The summed E-state index contributed by atoms with van der Waals surface area (Å²) < 4.78 is 33.2. The van der Waals surface area contributed by atoms with Crippen molar-refractivity contribution in [1.82, 2.24) is 15.2 Å². The highest BCUT2D eigenvalue weighted by atomic mass is 19.1. The molecule has 2 aromatic carbocycles. The summed E-state index contributed by atoms with van der Waals surface area (Å²) in [6.45, 7) is 6.44. The number of hydrogen-bond acceptors (Lipinski definition) is 3. The molecule has 1 atom stereocenters. The third-order valence-corrected chi connectivity index (χ3v) is 4.93. The van der Waals surface area contributed by atoms with E-state index in [9.17, 15) is 13.6 Å². The number of benzene rings is 2. The van der Waals surface area contributed by atoms with Crippen molar-refractivity contribution in [1.29, 1.82) is 0 Å². The second-order valence-electron chi connectivity index (χ2n) is 8.39. The standard InChI is InChI=1S/C22H23F2N3O2/c1-22(2,3)26-21(28)27-10-4-5-18(27)20-25-17-11-13(6-9-19(17)29-20)15-8-7-14(23)12-16(15)24/h6-9,11-12,18H,4-5,10H2,1-3H3,(H,26,28). The molecule has 152 valence electrons. The van der Waals surface area contributed by atoms with Gasteiger partial charge in [-0.2, -0.15) is 0 Å². The lowest BCUT2D eigenvalue weighted by molar-refractivity contribution is 0.176. The van der Waals surface area contributed by atoms with Crippen molar-refractivity contribution in [2.75, 3.05) is 6.54 Å². The highest BCUT2D eigenvalue weighted by Gasteiger charge is 2.34. The highest BCUT2D eigenvalue weighted by molar-refractivity contribution is 5.81. The molecule has 4 rings (SSSR count). The van der Waals surface area contributed by atoms with E-state index in [-0.39, 0.29) is 17.6 Å². The summed E-state index contributed by atoms with van der Waals surface area (Å²) in [7, 11) is 0. The van der Waals surface area contributed by atoms with Gasteiger partial charge in [-0.05, 0) is 63.4 Å². The van der Waals surface area contributed by atoms with E-state index in [4.69, 9.17) is 4.42 Å². The molecule has 5 nitrogen and oxygen atoms in total. The number of aromatic nitrogens is 1. The van der Waals surface area contributed by atoms with Crippen molar-refractivity contribution in [3.63, 3.8) is 0 Å². The van der Waals surface area contributed by atoms with E-state index in [0.29, 0.717) is 34.7 Å². The molecule has 2 heterocycles. The molecule has 1 aliphatic rings. The van der Waals surface area contributed by atoms with Crippen LogP contribution in [0, 0.1) is 11.6 Å². The van der Waals surface area contributed by atoms with Gasteiger partial charge in [0.1, 0.15) is 23.2 Å². The van der Waals surface area contributed by atoms with Crippen molar-refractivity contribution < 1.29 is 18.0 Å². The maximum absolute atomic E-state index is 14.1. The number of likely N-dealkylation sites (tertiary alicyclic amines) is 1. The van der Waals surface area contributed by atoms with Gasteiger partial charge in [-0.15, -0.1) is 0 Å². The fourth-order valence-electron chi connectivity index (χ4n) is 3.64. The first-order valence-electron chi connectivity index (χ1n) is 9.66. The van der Waals surface area contributed by atoms with Crippen LogP contribution in [0.1, 0.15) is 45.5 Å². The second-order valence-corrected chi connectivity index (χ2v) is 8.39. The van der Waals surface area contributed by atoms with Gasteiger partial charge in [0, 0.05) is 23.7 Å². The van der Waals surface area contributed by atoms with Crippen LogP contribution in [0.15, 0.2) is 40.8 Å². The first-order valence-corrected chi connectivity index (χ1v) is 9.66. The third kappa shape index (κ3) is 3.95. The molecule has 0 radical (unpaired) electrons. The summed E-state index contributed by atoms with van der Waals surface area (Å²) >= 11 is 0. The van der Waals surface area contributed by atoms with Crippen molar-refractivity contribution in [2.24, 2.45) is 0 Å². The summed E-state index contributed by atoms with van der Waals surface area (Å²) in [5.41, 5.74) is 1.69. The average Bonchev–Trinajstić information content (AvgIpc) is 3.26. The first kappa shape index (κ1) is 19.4. The van der Waals surface area contributed by atoms with Crippen molar-refractivity contribution in [2.45, 2.75) is 45.2 Å². The lowest BCUT2D eigenvalue weighted by Crippen LogP contribution is -2.48. The van der Waals surface area contributed by atoms with E-state index in [1.165, 1.54) is 12.1 Å². The zero-order valence-electron chi connectivity index (χ0n) is 16.6. The number of halogens is 2. The molecular formula is C22H23F2N3O2.